The lowest BCUT2D eigenvalue weighted by atomic mass is 9.95. The number of benzene rings is 2. The first-order valence-corrected chi connectivity index (χ1v) is 10.7. The van der Waals surface area contributed by atoms with E-state index >= 15 is 17.6 Å². The van der Waals surface area contributed by atoms with Crippen LogP contribution in [0.25, 0.3) is 32.7 Å². The largest absolute Gasteiger partial charge is 0.436 e. The molecule has 2 aromatic carbocycles. The molecule has 0 unspecified atom stereocenters. The Morgan fingerprint density at radius 2 is 1.39 bits per heavy atom. The first-order chi connectivity index (χ1) is 15.5. The lowest BCUT2D eigenvalue weighted by molar-refractivity contribution is -0.254. The first kappa shape index (κ1) is 21.8. The average molecular weight is 479 g/mol. The number of oxazole rings is 1. The van der Waals surface area contributed by atoms with Gasteiger partial charge in [-0.3, -0.25) is 0 Å². The molecule has 33 heavy (non-hydrogen) atoms. The number of aromatic nitrogens is 1. The van der Waals surface area contributed by atoms with Crippen molar-refractivity contribution in [2.75, 3.05) is 0 Å². The monoisotopic (exact) mass is 479 g/mol. The number of aryl methyl sites for hydroxylation is 2. The van der Waals surface area contributed by atoms with Crippen LogP contribution in [0.3, 0.4) is 0 Å². The summed E-state index contributed by atoms with van der Waals surface area (Å²) in [6.45, 7) is 2.71. The standard InChI is InChI=1S/C24H15F6NOS/c1-12-20(32-21(31-12)14-8-4-3-5-9-14)19-18(22(25,26)24(29,30)23(19,27)28)17-13(2)33-16-11-7-6-10-15(16)17/h3-11H,1-2H3. The molecule has 2 heterocycles. The Labute approximate surface area is 188 Å². The number of thiophene rings is 1. The van der Waals surface area contributed by atoms with E-state index in [2.05, 4.69) is 4.98 Å². The highest BCUT2D eigenvalue weighted by atomic mass is 32.1. The third-order valence-corrected chi connectivity index (χ3v) is 6.82. The molecule has 9 heteroatoms. The van der Waals surface area contributed by atoms with Gasteiger partial charge in [-0.25, -0.2) is 4.98 Å². The van der Waals surface area contributed by atoms with E-state index in [9.17, 15) is 8.78 Å². The van der Waals surface area contributed by atoms with Gasteiger partial charge in [-0.15, -0.1) is 11.3 Å². The quantitative estimate of drug-likeness (QED) is 0.278. The van der Waals surface area contributed by atoms with Crippen molar-refractivity contribution in [3.63, 3.8) is 0 Å². The molecule has 0 radical (unpaired) electrons. The van der Waals surface area contributed by atoms with Crippen molar-refractivity contribution in [1.82, 2.24) is 4.98 Å². The van der Waals surface area contributed by atoms with Crippen LogP contribution in [0.15, 0.2) is 59.0 Å². The first-order valence-electron chi connectivity index (χ1n) is 9.89. The van der Waals surface area contributed by atoms with E-state index in [4.69, 9.17) is 4.42 Å². The van der Waals surface area contributed by atoms with E-state index < -0.39 is 34.7 Å². The Balaban J connectivity index is 1.88. The van der Waals surface area contributed by atoms with Gasteiger partial charge < -0.3 is 4.42 Å². The fourth-order valence-electron chi connectivity index (χ4n) is 4.17. The molecule has 2 nitrogen and oxygen atoms in total. The summed E-state index contributed by atoms with van der Waals surface area (Å²) in [5.74, 6) is -16.9. The fourth-order valence-corrected chi connectivity index (χ4v) is 5.24. The maximum atomic E-state index is 15.2. The van der Waals surface area contributed by atoms with Crippen molar-refractivity contribution in [3.8, 4) is 11.5 Å². The molecule has 0 fully saturated rings. The summed E-state index contributed by atoms with van der Waals surface area (Å²) in [4.78, 5) is 4.29. The third-order valence-electron chi connectivity index (χ3n) is 5.73. The van der Waals surface area contributed by atoms with Crippen LogP contribution < -0.4 is 0 Å². The van der Waals surface area contributed by atoms with Crippen molar-refractivity contribution in [2.45, 2.75) is 31.6 Å². The van der Waals surface area contributed by atoms with E-state index in [0.29, 0.717) is 10.3 Å². The minimum atomic E-state index is -5.66. The van der Waals surface area contributed by atoms with Crippen molar-refractivity contribution in [3.05, 3.63) is 76.5 Å². The molecule has 0 spiro atoms. The van der Waals surface area contributed by atoms with Crippen LogP contribution in [0.2, 0.25) is 0 Å². The van der Waals surface area contributed by atoms with Crippen molar-refractivity contribution in [2.24, 2.45) is 0 Å². The van der Waals surface area contributed by atoms with Gasteiger partial charge in [-0.1, -0.05) is 36.4 Å². The van der Waals surface area contributed by atoms with Crippen LogP contribution in [0.4, 0.5) is 26.3 Å². The highest BCUT2D eigenvalue weighted by Crippen LogP contribution is 2.66. The number of nitrogens with zero attached hydrogens (tertiary/aromatic N) is 1. The molecular formula is C24H15F6NOS. The van der Waals surface area contributed by atoms with Gasteiger partial charge in [0.15, 0.2) is 5.76 Å². The molecule has 0 amide bonds. The fraction of sp³-hybridized carbons (Fsp3) is 0.208. The van der Waals surface area contributed by atoms with Gasteiger partial charge >= 0.3 is 17.8 Å². The number of fused-ring (bicyclic) bond motifs is 1. The van der Waals surface area contributed by atoms with Gasteiger partial charge in [0.05, 0.1) is 11.3 Å². The van der Waals surface area contributed by atoms with Crippen molar-refractivity contribution >= 4 is 32.6 Å². The molecule has 170 valence electrons. The number of allylic oxidation sites excluding steroid dienone is 2. The van der Waals surface area contributed by atoms with Gasteiger partial charge in [-0.05, 0) is 32.0 Å². The topological polar surface area (TPSA) is 26.0 Å². The van der Waals surface area contributed by atoms with Gasteiger partial charge in [0, 0.05) is 31.7 Å². The summed E-state index contributed by atoms with van der Waals surface area (Å²) < 4.78 is 96.1. The number of hydrogen-bond donors (Lipinski definition) is 0. The molecule has 0 atom stereocenters. The number of halogens is 6. The summed E-state index contributed by atoms with van der Waals surface area (Å²) in [6.07, 6.45) is 0. The lowest BCUT2D eigenvalue weighted by Crippen LogP contribution is -2.48. The van der Waals surface area contributed by atoms with Gasteiger partial charge in [-0.2, -0.15) is 26.3 Å². The molecule has 5 rings (SSSR count). The van der Waals surface area contributed by atoms with Crippen LogP contribution in [-0.4, -0.2) is 22.8 Å². The summed E-state index contributed by atoms with van der Waals surface area (Å²) in [6, 6.07) is 14.4. The number of rotatable bonds is 3. The van der Waals surface area contributed by atoms with E-state index in [0.717, 1.165) is 11.3 Å². The Hall–Kier alpha value is -3.07. The molecule has 1 aliphatic rings. The molecular weight excluding hydrogens is 464 g/mol. The van der Waals surface area contributed by atoms with Crippen LogP contribution in [0.5, 0.6) is 0 Å². The molecule has 2 aromatic heterocycles. The average Bonchev–Trinajstić information content (AvgIpc) is 3.33. The summed E-state index contributed by atoms with van der Waals surface area (Å²) in [5.41, 5.74) is -3.08. The van der Waals surface area contributed by atoms with Crippen molar-refractivity contribution < 1.29 is 30.8 Å². The van der Waals surface area contributed by atoms with Crippen LogP contribution >= 0.6 is 11.3 Å². The van der Waals surface area contributed by atoms with E-state index in [1.165, 1.54) is 26.0 Å². The van der Waals surface area contributed by atoms with Gasteiger partial charge in [0.1, 0.15) is 0 Å². The molecule has 1 aliphatic carbocycles. The van der Waals surface area contributed by atoms with Crippen LogP contribution in [-0.2, 0) is 0 Å². The lowest BCUT2D eigenvalue weighted by Gasteiger charge is -2.25. The van der Waals surface area contributed by atoms with Crippen LogP contribution in [0.1, 0.15) is 21.9 Å². The maximum absolute atomic E-state index is 15.2. The van der Waals surface area contributed by atoms with E-state index in [1.54, 1.807) is 42.5 Å². The molecule has 0 bridgehead atoms. The third kappa shape index (κ3) is 2.84. The normalized spacial score (nSPS) is 18.9. The summed E-state index contributed by atoms with van der Waals surface area (Å²) >= 11 is 1.07. The Morgan fingerprint density at radius 1 is 0.788 bits per heavy atom. The van der Waals surface area contributed by atoms with Gasteiger partial charge in [0.25, 0.3) is 0 Å². The second kappa shape index (κ2) is 6.96. The molecule has 0 aliphatic heterocycles. The minimum Gasteiger partial charge on any atom is -0.436 e. The maximum Gasteiger partial charge on any atom is 0.380 e. The highest BCUT2D eigenvalue weighted by molar-refractivity contribution is 7.19. The Kier molecular flexibility index (Phi) is 4.59. The Bertz CT molecular complexity index is 1420. The molecule has 4 aromatic rings. The SMILES string of the molecule is Cc1nc(-c2ccccc2)oc1C1=C(c2c(C)sc3ccccc23)C(F)(F)C(F)(F)C1(F)F. The Morgan fingerprint density at radius 3 is 2.09 bits per heavy atom. The predicted octanol–water partition coefficient (Wildman–Crippen LogP) is 8.00. The molecule has 0 saturated carbocycles. The zero-order chi connectivity index (χ0) is 23.8. The van der Waals surface area contributed by atoms with Crippen LogP contribution in [0, 0.1) is 13.8 Å². The molecule has 0 N–H and O–H groups in total. The molecule has 0 saturated heterocycles. The summed E-state index contributed by atoms with van der Waals surface area (Å²) in [7, 11) is 0. The van der Waals surface area contributed by atoms with Crippen molar-refractivity contribution in [1.29, 1.82) is 0 Å². The second-order valence-electron chi connectivity index (χ2n) is 7.80. The minimum absolute atomic E-state index is 0.129. The predicted molar refractivity (Wildman–Crippen MR) is 115 cm³/mol. The second-order valence-corrected chi connectivity index (χ2v) is 9.06. The van der Waals surface area contributed by atoms with E-state index in [-0.39, 0.29) is 27.4 Å². The number of hydrogen-bond acceptors (Lipinski definition) is 3. The summed E-state index contributed by atoms with van der Waals surface area (Å²) in [5, 5.41) is 0.195. The zero-order valence-electron chi connectivity index (χ0n) is 17.2. The smallest absolute Gasteiger partial charge is 0.380 e. The zero-order valence-corrected chi connectivity index (χ0v) is 18.0. The highest BCUT2D eigenvalue weighted by Gasteiger charge is 2.81. The number of alkyl halides is 6. The van der Waals surface area contributed by atoms with E-state index in [1.807, 2.05) is 0 Å². The van der Waals surface area contributed by atoms with Gasteiger partial charge in [0.2, 0.25) is 5.89 Å².